The fraction of sp³-hybridized carbons (Fsp3) is 1.00. The zero-order chi connectivity index (χ0) is 9.47. The molecule has 1 saturated carbocycles. The molecule has 2 aliphatic rings. The van der Waals surface area contributed by atoms with Gasteiger partial charge in [-0.15, -0.1) is 0 Å². The lowest BCUT2D eigenvalue weighted by Crippen LogP contribution is -2.31. The molecule has 0 spiro atoms. The van der Waals surface area contributed by atoms with Crippen LogP contribution in [0.1, 0.15) is 19.3 Å². The maximum absolute atomic E-state index is 11.8. The van der Waals surface area contributed by atoms with Gasteiger partial charge in [-0.1, -0.05) is 15.9 Å². The van der Waals surface area contributed by atoms with E-state index in [-0.39, 0.29) is 5.25 Å². The molecule has 1 atom stereocenters. The maximum Gasteiger partial charge on any atom is 0.216 e. The van der Waals surface area contributed by atoms with Crippen LogP contribution in [-0.2, 0) is 10.0 Å². The fourth-order valence-corrected chi connectivity index (χ4v) is 4.19. The van der Waals surface area contributed by atoms with Crippen molar-refractivity contribution in [2.45, 2.75) is 24.5 Å². The Morgan fingerprint density at radius 3 is 2.46 bits per heavy atom. The van der Waals surface area contributed by atoms with Gasteiger partial charge in [-0.25, -0.2) is 12.7 Å². The largest absolute Gasteiger partial charge is 0.216 e. The third-order valence-corrected chi connectivity index (χ3v) is 6.05. The lowest BCUT2D eigenvalue weighted by atomic mass is 10.2. The molecule has 0 amide bonds. The smallest absolute Gasteiger partial charge is 0.212 e. The van der Waals surface area contributed by atoms with Crippen LogP contribution in [0.5, 0.6) is 0 Å². The van der Waals surface area contributed by atoms with E-state index in [0.29, 0.717) is 5.92 Å². The van der Waals surface area contributed by atoms with E-state index in [4.69, 9.17) is 0 Å². The predicted molar refractivity (Wildman–Crippen MR) is 55.4 cm³/mol. The molecule has 0 aromatic heterocycles. The standard InChI is InChI=1S/C8H14BrNO2S/c9-5-7-3-4-10(6-7)13(11,12)8-1-2-8/h7-8H,1-6H2. The maximum atomic E-state index is 11.8. The molecule has 1 heterocycles. The van der Waals surface area contributed by atoms with Gasteiger partial charge in [0.2, 0.25) is 10.0 Å². The van der Waals surface area contributed by atoms with Crippen molar-refractivity contribution in [3.8, 4) is 0 Å². The molecule has 1 aliphatic heterocycles. The first kappa shape index (κ1) is 9.93. The molecule has 2 rings (SSSR count). The first-order valence-electron chi connectivity index (χ1n) is 4.69. The van der Waals surface area contributed by atoms with E-state index in [1.165, 1.54) is 0 Å². The van der Waals surface area contributed by atoms with Gasteiger partial charge in [-0.05, 0) is 25.2 Å². The first-order valence-corrected chi connectivity index (χ1v) is 7.32. The van der Waals surface area contributed by atoms with Gasteiger partial charge in [0.1, 0.15) is 0 Å². The average molecular weight is 268 g/mol. The number of halogens is 1. The van der Waals surface area contributed by atoms with Gasteiger partial charge in [0.25, 0.3) is 0 Å². The van der Waals surface area contributed by atoms with E-state index in [1.54, 1.807) is 4.31 Å². The Hall–Kier alpha value is 0.390. The van der Waals surface area contributed by atoms with Crippen molar-refractivity contribution in [1.29, 1.82) is 0 Å². The number of rotatable bonds is 3. The van der Waals surface area contributed by atoms with Crippen molar-refractivity contribution in [2.24, 2.45) is 5.92 Å². The van der Waals surface area contributed by atoms with Crippen LogP contribution < -0.4 is 0 Å². The summed E-state index contributed by atoms with van der Waals surface area (Å²) in [5.74, 6) is 0.522. The van der Waals surface area contributed by atoms with E-state index < -0.39 is 10.0 Å². The van der Waals surface area contributed by atoms with Gasteiger partial charge >= 0.3 is 0 Å². The summed E-state index contributed by atoms with van der Waals surface area (Å²) >= 11 is 3.40. The Labute approximate surface area is 87.7 Å². The molecule has 13 heavy (non-hydrogen) atoms. The van der Waals surface area contributed by atoms with Crippen LogP contribution in [0.15, 0.2) is 0 Å². The van der Waals surface area contributed by atoms with Gasteiger partial charge < -0.3 is 0 Å². The van der Waals surface area contributed by atoms with E-state index in [9.17, 15) is 8.42 Å². The second kappa shape index (κ2) is 3.51. The highest BCUT2D eigenvalue weighted by Gasteiger charge is 2.42. The lowest BCUT2D eigenvalue weighted by Gasteiger charge is -2.15. The molecule has 0 radical (unpaired) electrons. The highest BCUT2D eigenvalue weighted by atomic mass is 79.9. The second-order valence-corrected chi connectivity index (χ2v) is 6.77. The summed E-state index contributed by atoms with van der Waals surface area (Å²) in [6.45, 7) is 1.46. The SMILES string of the molecule is O=S(=O)(C1CC1)N1CCC(CBr)C1. The van der Waals surface area contributed by atoms with Gasteiger partial charge in [0, 0.05) is 18.4 Å². The minimum absolute atomic E-state index is 0.0402. The van der Waals surface area contributed by atoms with Crippen LogP contribution in [0, 0.1) is 5.92 Å². The topological polar surface area (TPSA) is 37.4 Å². The molecule has 1 saturated heterocycles. The third-order valence-electron chi connectivity index (χ3n) is 2.77. The summed E-state index contributed by atoms with van der Waals surface area (Å²) in [7, 11) is -2.90. The van der Waals surface area contributed by atoms with Crippen LogP contribution >= 0.6 is 15.9 Å². The summed E-state index contributed by atoms with van der Waals surface area (Å²) in [6, 6.07) is 0. The van der Waals surface area contributed by atoms with Crippen molar-refractivity contribution >= 4 is 26.0 Å². The van der Waals surface area contributed by atoms with E-state index in [1.807, 2.05) is 0 Å². The molecule has 1 unspecified atom stereocenters. The van der Waals surface area contributed by atoms with Crippen molar-refractivity contribution in [3.05, 3.63) is 0 Å². The normalized spacial score (nSPS) is 31.0. The zero-order valence-electron chi connectivity index (χ0n) is 7.45. The molecule has 0 bridgehead atoms. The van der Waals surface area contributed by atoms with Crippen molar-refractivity contribution in [3.63, 3.8) is 0 Å². The minimum atomic E-state index is -2.90. The van der Waals surface area contributed by atoms with Gasteiger partial charge in [-0.3, -0.25) is 0 Å². The summed E-state index contributed by atoms with van der Waals surface area (Å²) in [4.78, 5) is 0. The molecule has 2 fully saturated rings. The number of sulfonamides is 1. The predicted octanol–water partition coefficient (Wildman–Crippen LogP) is 1.20. The molecule has 5 heteroatoms. The van der Waals surface area contributed by atoms with E-state index in [0.717, 1.165) is 37.7 Å². The van der Waals surface area contributed by atoms with Crippen LogP contribution in [0.25, 0.3) is 0 Å². The number of nitrogens with zero attached hydrogens (tertiary/aromatic N) is 1. The van der Waals surface area contributed by atoms with Gasteiger partial charge in [0.05, 0.1) is 5.25 Å². The quantitative estimate of drug-likeness (QED) is 0.721. The molecular weight excluding hydrogens is 254 g/mol. The molecule has 0 N–H and O–H groups in total. The fourth-order valence-electron chi connectivity index (χ4n) is 1.73. The highest BCUT2D eigenvalue weighted by Crippen LogP contribution is 2.33. The summed E-state index contributed by atoms with van der Waals surface area (Å²) in [5.41, 5.74) is 0. The average Bonchev–Trinajstić information content (AvgIpc) is 2.84. The second-order valence-electron chi connectivity index (χ2n) is 3.91. The number of hydrogen-bond donors (Lipinski definition) is 0. The minimum Gasteiger partial charge on any atom is -0.212 e. The molecule has 1 aliphatic carbocycles. The highest BCUT2D eigenvalue weighted by molar-refractivity contribution is 9.09. The molecular formula is C8H14BrNO2S. The van der Waals surface area contributed by atoms with Gasteiger partial charge in [0.15, 0.2) is 0 Å². The Kier molecular flexibility index (Phi) is 2.68. The van der Waals surface area contributed by atoms with E-state index in [2.05, 4.69) is 15.9 Å². The third kappa shape index (κ3) is 1.92. The van der Waals surface area contributed by atoms with Crippen molar-refractivity contribution < 1.29 is 8.42 Å². The Morgan fingerprint density at radius 2 is 2.00 bits per heavy atom. The Morgan fingerprint density at radius 1 is 1.31 bits per heavy atom. The molecule has 3 nitrogen and oxygen atoms in total. The zero-order valence-corrected chi connectivity index (χ0v) is 9.85. The van der Waals surface area contributed by atoms with Crippen LogP contribution in [-0.4, -0.2) is 36.4 Å². The lowest BCUT2D eigenvalue weighted by molar-refractivity contribution is 0.465. The summed E-state index contributed by atoms with van der Waals surface area (Å²) in [6.07, 6.45) is 2.76. The van der Waals surface area contributed by atoms with Crippen molar-refractivity contribution in [2.75, 3.05) is 18.4 Å². The van der Waals surface area contributed by atoms with Crippen LogP contribution in [0.4, 0.5) is 0 Å². The number of alkyl halides is 1. The van der Waals surface area contributed by atoms with Gasteiger partial charge in [-0.2, -0.15) is 0 Å². The molecule has 0 aromatic carbocycles. The van der Waals surface area contributed by atoms with E-state index >= 15 is 0 Å². The Bertz CT molecular complexity index is 287. The van der Waals surface area contributed by atoms with Crippen LogP contribution in [0.3, 0.4) is 0 Å². The van der Waals surface area contributed by atoms with Crippen molar-refractivity contribution in [1.82, 2.24) is 4.31 Å². The first-order chi connectivity index (χ1) is 6.14. The monoisotopic (exact) mass is 267 g/mol. The molecule has 76 valence electrons. The van der Waals surface area contributed by atoms with Crippen LogP contribution in [0.2, 0.25) is 0 Å². The number of hydrogen-bond acceptors (Lipinski definition) is 2. The molecule has 0 aromatic rings. The Balaban J connectivity index is 2.02. The summed E-state index contributed by atoms with van der Waals surface area (Å²) in [5, 5.41) is 0.880. The summed E-state index contributed by atoms with van der Waals surface area (Å²) < 4.78 is 25.2.